The van der Waals surface area contributed by atoms with Gasteiger partial charge in [0.25, 0.3) is 5.91 Å². The number of hydrogen-bond acceptors (Lipinski definition) is 6. The summed E-state index contributed by atoms with van der Waals surface area (Å²) in [7, 11) is 0. The molecule has 0 saturated carbocycles. The molecule has 3 rings (SSSR count). The summed E-state index contributed by atoms with van der Waals surface area (Å²) in [6.45, 7) is 5.02. The third-order valence-corrected chi connectivity index (χ3v) is 5.77. The standard InChI is InChI=1S/C22H31ClN4O4/c1-16-8-11-27(12-9-16)20(29)7-10-24-22-18(23)14-17(15-25-22)5-6-19(28)26-31-21-4-2-3-13-30-21/h5-6,14-16,21H,2-4,7-13H2,1H3,(H,24,25)(H,26,28)/b6-5+. The number of likely N-dealkylation sites (tertiary alicyclic amines) is 1. The highest BCUT2D eigenvalue weighted by atomic mass is 35.5. The summed E-state index contributed by atoms with van der Waals surface area (Å²) >= 11 is 6.29. The van der Waals surface area contributed by atoms with Gasteiger partial charge in [0, 0.05) is 51.4 Å². The van der Waals surface area contributed by atoms with Gasteiger partial charge in [0.2, 0.25) is 5.91 Å². The smallest absolute Gasteiger partial charge is 0.267 e. The highest BCUT2D eigenvalue weighted by molar-refractivity contribution is 6.33. The van der Waals surface area contributed by atoms with Gasteiger partial charge in [0.05, 0.1) is 5.02 Å². The first kappa shape index (κ1) is 23.5. The number of hydroxylamine groups is 1. The molecular formula is C22H31ClN4O4. The Labute approximate surface area is 188 Å². The molecule has 2 amide bonds. The number of halogens is 1. The molecule has 0 aromatic carbocycles. The van der Waals surface area contributed by atoms with Crippen LogP contribution in [-0.2, 0) is 19.2 Å². The van der Waals surface area contributed by atoms with Crippen LogP contribution in [0.15, 0.2) is 18.3 Å². The van der Waals surface area contributed by atoms with Crippen molar-refractivity contribution in [3.63, 3.8) is 0 Å². The fraction of sp³-hybridized carbons (Fsp3) is 0.591. The zero-order valence-electron chi connectivity index (χ0n) is 17.9. The highest BCUT2D eigenvalue weighted by Gasteiger charge is 2.20. The van der Waals surface area contributed by atoms with Crippen LogP contribution in [0.3, 0.4) is 0 Å². The van der Waals surface area contributed by atoms with Crippen LogP contribution in [0, 0.1) is 5.92 Å². The predicted octanol–water partition coefficient (Wildman–Crippen LogP) is 3.38. The van der Waals surface area contributed by atoms with E-state index in [0.717, 1.165) is 45.2 Å². The van der Waals surface area contributed by atoms with Crippen molar-refractivity contribution in [3.8, 4) is 0 Å². The quantitative estimate of drug-likeness (QED) is 0.466. The average molecular weight is 451 g/mol. The number of nitrogens with zero attached hydrogens (tertiary/aromatic N) is 2. The normalized spacial score (nSPS) is 20.1. The molecule has 170 valence electrons. The van der Waals surface area contributed by atoms with Crippen molar-refractivity contribution in [2.45, 2.75) is 51.7 Å². The Morgan fingerprint density at radius 3 is 2.84 bits per heavy atom. The Morgan fingerprint density at radius 1 is 1.32 bits per heavy atom. The van der Waals surface area contributed by atoms with Crippen LogP contribution in [0.4, 0.5) is 5.82 Å². The van der Waals surface area contributed by atoms with Crippen molar-refractivity contribution in [2.75, 3.05) is 31.6 Å². The maximum Gasteiger partial charge on any atom is 0.267 e. The SMILES string of the molecule is CC1CCN(C(=O)CCNc2ncc(/C=C/C(=O)NOC3CCCCO3)cc2Cl)CC1. The third kappa shape index (κ3) is 7.79. The number of aromatic nitrogens is 1. The van der Waals surface area contributed by atoms with Crippen molar-refractivity contribution >= 4 is 35.3 Å². The van der Waals surface area contributed by atoms with Gasteiger partial charge in [-0.2, -0.15) is 0 Å². The van der Waals surface area contributed by atoms with Crippen LogP contribution in [0.1, 0.15) is 51.0 Å². The fourth-order valence-electron chi connectivity index (χ4n) is 3.51. The molecule has 31 heavy (non-hydrogen) atoms. The Morgan fingerprint density at radius 2 is 2.13 bits per heavy atom. The molecule has 0 aliphatic carbocycles. The number of pyridine rings is 1. The topological polar surface area (TPSA) is 92.8 Å². The lowest BCUT2D eigenvalue weighted by Gasteiger charge is -2.30. The number of nitrogens with one attached hydrogen (secondary N) is 2. The number of piperidine rings is 1. The van der Waals surface area contributed by atoms with Crippen LogP contribution in [0.2, 0.25) is 5.02 Å². The summed E-state index contributed by atoms with van der Waals surface area (Å²) in [6, 6.07) is 1.71. The van der Waals surface area contributed by atoms with Crippen molar-refractivity contribution in [2.24, 2.45) is 5.92 Å². The number of anilines is 1. The van der Waals surface area contributed by atoms with Gasteiger partial charge >= 0.3 is 0 Å². The van der Waals surface area contributed by atoms with E-state index in [2.05, 4.69) is 22.7 Å². The first-order valence-electron chi connectivity index (χ1n) is 10.9. The second-order valence-electron chi connectivity index (χ2n) is 8.05. The molecule has 9 heteroatoms. The molecule has 1 aromatic rings. The van der Waals surface area contributed by atoms with E-state index in [1.54, 1.807) is 18.3 Å². The van der Waals surface area contributed by atoms with Crippen LogP contribution in [0.5, 0.6) is 0 Å². The van der Waals surface area contributed by atoms with Gasteiger partial charge in [-0.1, -0.05) is 18.5 Å². The molecule has 0 spiro atoms. The molecule has 0 bridgehead atoms. The summed E-state index contributed by atoms with van der Waals surface area (Å²) in [6.07, 6.45) is 9.51. The molecule has 3 heterocycles. The number of ether oxygens (including phenoxy) is 1. The Hall–Kier alpha value is -2.16. The molecule has 1 atom stereocenters. The largest absolute Gasteiger partial charge is 0.368 e. The van der Waals surface area contributed by atoms with Crippen LogP contribution >= 0.6 is 11.6 Å². The van der Waals surface area contributed by atoms with Gasteiger partial charge in [0.15, 0.2) is 6.29 Å². The zero-order valence-corrected chi connectivity index (χ0v) is 18.7. The van der Waals surface area contributed by atoms with Crippen LogP contribution < -0.4 is 10.8 Å². The molecular weight excluding hydrogens is 420 g/mol. The van der Waals surface area contributed by atoms with E-state index in [-0.39, 0.29) is 5.91 Å². The van der Waals surface area contributed by atoms with Crippen molar-refractivity contribution < 1.29 is 19.2 Å². The second kappa shape index (κ2) is 12.0. The fourth-order valence-corrected chi connectivity index (χ4v) is 3.75. The molecule has 2 saturated heterocycles. The Balaban J connectivity index is 1.40. The minimum atomic E-state index is -0.391. The maximum atomic E-state index is 12.3. The van der Waals surface area contributed by atoms with Gasteiger partial charge in [-0.25, -0.2) is 15.3 Å². The second-order valence-corrected chi connectivity index (χ2v) is 8.46. The predicted molar refractivity (Wildman–Crippen MR) is 119 cm³/mol. The lowest BCUT2D eigenvalue weighted by Crippen LogP contribution is -2.38. The number of rotatable bonds is 8. The molecule has 1 aromatic heterocycles. The van der Waals surface area contributed by atoms with E-state index >= 15 is 0 Å². The van der Waals surface area contributed by atoms with Gasteiger partial charge < -0.3 is 15.0 Å². The van der Waals surface area contributed by atoms with E-state index in [0.29, 0.717) is 41.9 Å². The van der Waals surface area contributed by atoms with Gasteiger partial charge in [-0.05, 0) is 49.3 Å². The molecule has 0 radical (unpaired) electrons. The number of hydrogen-bond donors (Lipinski definition) is 2. The van der Waals surface area contributed by atoms with Gasteiger partial charge in [0.1, 0.15) is 5.82 Å². The van der Waals surface area contributed by atoms with Crippen LogP contribution in [0.25, 0.3) is 6.08 Å². The number of amides is 2. The monoisotopic (exact) mass is 450 g/mol. The van der Waals surface area contributed by atoms with Crippen LogP contribution in [-0.4, -0.2) is 54.2 Å². The first-order chi connectivity index (χ1) is 15.0. The van der Waals surface area contributed by atoms with E-state index in [9.17, 15) is 9.59 Å². The summed E-state index contributed by atoms with van der Waals surface area (Å²) in [5.74, 6) is 0.975. The summed E-state index contributed by atoms with van der Waals surface area (Å²) in [4.78, 5) is 35.6. The highest BCUT2D eigenvalue weighted by Crippen LogP contribution is 2.21. The van der Waals surface area contributed by atoms with E-state index in [1.807, 2.05) is 4.90 Å². The molecule has 2 aliphatic rings. The minimum absolute atomic E-state index is 0.155. The third-order valence-electron chi connectivity index (χ3n) is 5.49. The molecule has 1 unspecified atom stereocenters. The number of carbonyl (C=O) groups is 2. The maximum absolute atomic E-state index is 12.3. The summed E-state index contributed by atoms with van der Waals surface area (Å²) in [5, 5.41) is 3.54. The average Bonchev–Trinajstić information content (AvgIpc) is 2.78. The first-order valence-corrected chi connectivity index (χ1v) is 11.3. The zero-order chi connectivity index (χ0) is 22.1. The van der Waals surface area contributed by atoms with E-state index in [4.69, 9.17) is 21.2 Å². The molecule has 8 nitrogen and oxygen atoms in total. The van der Waals surface area contributed by atoms with Crippen molar-refractivity contribution in [3.05, 3.63) is 28.9 Å². The van der Waals surface area contributed by atoms with Crippen molar-refractivity contribution in [1.29, 1.82) is 0 Å². The van der Waals surface area contributed by atoms with E-state index in [1.165, 1.54) is 6.08 Å². The molecule has 2 fully saturated rings. The lowest BCUT2D eigenvalue weighted by atomic mass is 9.99. The number of carbonyl (C=O) groups excluding carboxylic acids is 2. The molecule has 2 N–H and O–H groups in total. The Kier molecular flexibility index (Phi) is 9.12. The van der Waals surface area contributed by atoms with Gasteiger partial charge in [-0.3, -0.25) is 9.59 Å². The Bertz CT molecular complexity index is 775. The van der Waals surface area contributed by atoms with Gasteiger partial charge in [-0.15, -0.1) is 0 Å². The molecule has 2 aliphatic heterocycles. The summed E-state index contributed by atoms with van der Waals surface area (Å²) < 4.78 is 5.39. The van der Waals surface area contributed by atoms with E-state index < -0.39 is 12.2 Å². The van der Waals surface area contributed by atoms with Crippen molar-refractivity contribution in [1.82, 2.24) is 15.4 Å². The lowest BCUT2D eigenvalue weighted by molar-refractivity contribution is -0.198. The summed E-state index contributed by atoms with van der Waals surface area (Å²) in [5.41, 5.74) is 3.04. The minimum Gasteiger partial charge on any atom is -0.368 e.